The molecular weight excluding hydrogens is 488 g/mol. The Morgan fingerprint density at radius 2 is 1.47 bits per heavy atom. The quantitative estimate of drug-likeness (QED) is 0.177. The second-order valence-corrected chi connectivity index (χ2v) is 9.49. The summed E-state index contributed by atoms with van der Waals surface area (Å²) < 4.78 is 0. The minimum Gasteiger partial charge on any atom is -0.481 e. The van der Waals surface area contributed by atoms with Crippen molar-refractivity contribution >= 4 is 41.4 Å². The SMILES string of the molecule is CCC(C)C(N)C(=O)NC(Cc1ccccc1)C(=O)NC(CCSC)C(=O)NC(CC(=O)O)C(=O)O. The predicted octanol–water partition coefficient (Wildman–Crippen LogP) is 0.369. The van der Waals surface area contributed by atoms with Crippen LogP contribution in [0.1, 0.15) is 38.7 Å². The number of aliphatic carboxylic acids is 2. The first-order valence-corrected chi connectivity index (χ1v) is 13.0. The molecule has 0 aliphatic heterocycles. The van der Waals surface area contributed by atoms with Gasteiger partial charge in [0.2, 0.25) is 17.7 Å². The number of benzene rings is 1. The molecule has 0 aliphatic rings. The first-order valence-electron chi connectivity index (χ1n) is 11.6. The minimum atomic E-state index is -1.66. The summed E-state index contributed by atoms with van der Waals surface area (Å²) in [6, 6.07) is 4.31. The summed E-state index contributed by atoms with van der Waals surface area (Å²) in [5.74, 6) is -4.53. The molecule has 0 radical (unpaired) electrons. The van der Waals surface area contributed by atoms with Crippen molar-refractivity contribution in [3.05, 3.63) is 35.9 Å². The first kappa shape index (κ1) is 30.9. The molecule has 3 amide bonds. The third-order valence-electron chi connectivity index (χ3n) is 5.71. The van der Waals surface area contributed by atoms with Gasteiger partial charge in [0.1, 0.15) is 18.1 Å². The number of rotatable bonds is 16. The molecule has 0 aromatic heterocycles. The third kappa shape index (κ3) is 10.6. The smallest absolute Gasteiger partial charge is 0.326 e. The lowest BCUT2D eigenvalue weighted by atomic mass is 9.98. The number of hydrogen-bond acceptors (Lipinski definition) is 7. The zero-order valence-electron chi connectivity index (χ0n) is 20.7. The number of carbonyl (C=O) groups is 5. The van der Waals surface area contributed by atoms with E-state index in [4.69, 9.17) is 10.8 Å². The number of hydrogen-bond donors (Lipinski definition) is 6. The average Bonchev–Trinajstić information content (AvgIpc) is 2.84. The van der Waals surface area contributed by atoms with E-state index in [9.17, 15) is 29.1 Å². The van der Waals surface area contributed by atoms with Crippen molar-refractivity contribution in [2.45, 2.75) is 63.7 Å². The molecule has 0 fully saturated rings. The van der Waals surface area contributed by atoms with Crippen molar-refractivity contribution in [3.8, 4) is 0 Å². The monoisotopic (exact) mass is 524 g/mol. The lowest BCUT2D eigenvalue weighted by Gasteiger charge is -2.26. The van der Waals surface area contributed by atoms with Gasteiger partial charge < -0.3 is 31.9 Å². The molecule has 0 saturated carbocycles. The normalized spacial score (nSPS) is 15.0. The number of carboxylic acids is 2. The van der Waals surface area contributed by atoms with Crippen LogP contribution in [0.2, 0.25) is 0 Å². The van der Waals surface area contributed by atoms with Crippen LogP contribution in [0.4, 0.5) is 0 Å². The molecule has 5 atom stereocenters. The van der Waals surface area contributed by atoms with Crippen LogP contribution in [0.5, 0.6) is 0 Å². The lowest BCUT2D eigenvalue weighted by Crippen LogP contribution is -2.58. The predicted molar refractivity (Wildman–Crippen MR) is 136 cm³/mol. The van der Waals surface area contributed by atoms with Crippen molar-refractivity contribution in [2.24, 2.45) is 11.7 Å². The first-order chi connectivity index (χ1) is 17.0. The highest BCUT2D eigenvalue weighted by Crippen LogP contribution is 2.09. The van der Waals surface area contributed by atoms with E-state index in [1.807, 2.05) is 19.9 Å². The van der Waals surface area contributed by atoms with Gasteiger partial charge in [-0.1, -0.05) is 50.6 Å². The highest BCUT2D eigenvalue weighted by Gasteiger charge is 2.31. The maximum absolute atomic E-state index is 13.3. The summed E-state index contributed by atoms with van der Waals surface area (Å²) in [6.45, 7) is 3.73. The molecule has 12 heteroatoms. The van der Waals surface area contributed by atoms with Crippen LogP contribution in [0.25, 0.3) is 0 Å². The number of nitrogens with two attached hydrogens (primary N) is 1. The van der Waals surface area contributed by atoms with Gasteiger partial charge in [0.15, 0.2) is 0 Å². The molecule has 5 unspecified atom stereocenters. The molecular formula is C24H36N4O7S. The van der Waals surface area contributed by atoms with Gasteiger partial charge in [-0.05, 0) is 29.9 Å². The van der Waals surface area contributed by atoms with E-state index < -0.39 is 60.2 Å². The fraction of sp³-hybridized carbons (Fsp3) is 0.542. The van der Waals surface area contributed by atoms with Crippen molar-refractivity contribution in [1.82, 2.24) is 16.0 Å². The van der Waals surface area contributed by atoms with Crippen molar-refractivity contribution < 1.29 is 34.2 Å². The number of carbonyl (C=O) groups excluding carboxylic acids is 3. The average molecular weight is 525 g/mol. The number of amides is 3. The van der Waals surface area contributed by atoms with Gasteiger partial charge >= 0.3 is 11.9 Å². The van der Waals surface area contributed by atoms with Crippen LogP contribution in [0, 0.1) is 5.92 Å². The molecule has 36 heavy (non-hydrogen) atoms. The molecule has 0 saturated heterocycles. The van der Waals surface area contributed by atoms with Gasteiger partial charge in [-0.25, -0.2) is 4.79 Å². The summed E-state index contributed by atoms with van der Waals surface area (Å²) in [4.78, 5) is 61.2. The van der Waals surface area contributed by atoms with Crippen LogP contribution in [-0.2, 0) is 30.4 Å². The Balaban J connectivity index is 3.10. The Bertz CT molecular complexity index is 900. The van der Waals surface area contributed by atoms with Crippen LogP contribution in [0.3, 0.4) is 0 Å². The zero-order valence-corrected chi connectivity index (χ0v) is 21.5. The van der Waals surface area contributed by atoms with Gasteiger partial charge in [0.05, 0.1) is 12.5 Å². The van der Waals surface area contributed by atoms with Gasteiger partial charge in [-0.15, -0.1) is 0 Å². The zero-order chi connectivity index (χ0) is 27.3. The fourth-order valence-electron chi connectivity index (χ4n) is 3.26. The fourth-order valence-corrected chi connectivity index (χ4v) is 3.73. The van der Waals surface area contributed by atoms with Crippen molar-refractivity contribution in [2.75, 3.05) is 12.0 Å². The van der Waals surface area contributed by atoms with Gasteiger partial charge in [-0.3, -0.25) is 19.2 Å². The molecule has 200 valence electrons. The standard InChI is InChI=1S/C24H36N4O7S/c1-4-14(2)20(25)23(33)27-17(12-15-8-6-5-7-9-15)22(32)26-16(10-11-36-3)21(31)28-18(24(34)35)13-19(29)30/h5-9,14,16-18,20H,4,10-13,25H2,1-3H3,(H,26,32)(H,27,33)(H,28,31)(H,29,30)(H,34,35). The van der Waals surface area contributed by atoms with Crippen LogP contribution < -0.4 is 21.7 Å². The molecule has 11 nitrogen and oxygen atoms in total. The Labute approximate surface area is 215 Å². The van der Waals surface area contributed by atoms with Crippen LogP contribution >= 0.6 is 11.8 Å². The largest absolute Gasteiger partial charge is 0.481 e. The Morgan fingerprint density at radius 3 is 2.00 bits per heavy atom. The second-order valence-electron chi connectivity index (χ2n) is 8.50. The topological polar surface area (TPSA) is 188 Å². The molecule has 0 heterocycles. The lowest BCUT2D eigenvalue weighted by molar-refractivity contribution is -0.147. The van der Waals surface area contributed by atoms with Crippen molar-refractivity contribution in [3.63, 3.8) is 0 Å². The van der Waals surface area contributed by atoms with Gasteiger partial charge in [0, 0.05) is 6.42 Å². The maximum atomic E-state index is 13.3. The summed E-state index contributed by atoms with van der Waals surface area (Å²) in [6.07, 6.45) is 1.96. The van der Waals surface area contributed by atoms with E-state index in [1.165, 1.54) is 11.8 Å². The van der Waals surface area contributed by atoms with E-state index >= 15 is 0 Å². The van der Waals surface area contributed by atoms with Crippen molar-refractivity contribution in [1.29, 1.82) is 0 Å². The van der Waals surface area contributed by atoms with Crippen LogP contribution in [0.15, 0.2) is 30.3 Å². The summed E-state index contributed by atoms with van der Waals surface area (Å²) in [5.41, 5.74) is 6.81. The molecule has 1 rings (SSSR count). The molecule has 0 spiro atoms. The minimum absolute atomic E-state index is 0.118. The number of carboxylic acid groups (broad SMARTS) is 2. The molecule has 1 aromatic rings. The Kier molecular flexibility index (Phi) is 13.6. The van der Waals surface area contributed by atoms with E-state index in [1.54, 1.807) is 30.5 Å². The van der Waals surface area contributed by atoms with Gasteiger partial charge in [0.25, 0.3) is 0 Å². The second kappa shape index (κ2) is 15.8. The summed E-state index contributed by atoms with van der Waals surface area (Å²) >= 11 is 1.41. The molecule has 1 aromatic carbocycles. The highest BCUT2D eigenvalue weighted by molar-refractivity contribution is 7.98. The number of nitrogens with one attached hydrogen (secondary N) is 3. The van der Waals surface area contributed by atoms with E-state index in [0.29, 0.717) is 12.2 Å². The van der Waals surface area contributed by atoms with Gasteiger partial charge in [-0.2, -0.15) is 11.8 Å². The van der Waals surface area contributed by atoms with E-state index in [0.717, 1.165) is 5.56 Å². The Morgan fingerprint density at radius 1 is 0.917 bits per heavy atom. The highest BCUT2D eigenvalue weighted by atomic mass is 32.2. The van der Waals surface area contributed by atoms with E-state index in [2.05, 4.69) is 16.0 Å². The maximum Gasteiger partial charge on any atom is 0.326 e. The van der Waals surface area contributed by atoms with E-state index in [-0.39, 0.29) is 18.8 Å². The molecule has 0 bridgehead atoms. The van der Waals surface area contributed by atoms with Crippen LogP contribution in [-0.4, -0.2) is 76.0 Å². The third-order valence-corrected chi connectivity index (χ3v) is 6.36. The molecule has 0 aliphatic carbocycles. The summed E-state index contributed by atoms with van der Waals surface area (Å²) in [5, 5.41) is 25.6. The summed E-state index contributed by atoms with van der Waals surface area (Å²) in [7, 11) is 0. The number of thioether (sulfide) groups is 1. The molecule has 7 N–H and O–H groups in total. The Hall–Kier alpha value is -3.12.